The molecule has 4 heteroatoms. The second-order valence-electron chi connectivity index (χ2n) is 4.14. The van der Waals surface area contributed by atoms with Gasteiger partial charge in [-0.15, -0.1) is 0 Å². The Morgan fingerprint density at radius 1 is 1.53 bits per heavy atom. The molecule has 1 aliphatic carbocycles. The van der Waals surface area contributed by atoms with Gasteiger partial charge in [0.2, 0.25) is 0 Å². The van der Waals surface area contributed by atoms with Gasteiger partial charge < -0.3 is 5.73 Å². The molecular weight excluding hydrogens is 192 g/mol. The molecule has 0 aromatic heterocycles. The van der Waals surface area contributed by atoms with Crippen LogP contribution >= 0.6 is 0 Å². The Labute approximate surface area is 88.2 Å². The van der Waals surface area contributed by atoms with Crippen molar-refractivity contribution in [2.24, 2.45) is 11.7 Å². The van der Waals surface area contributed by atoms with Crippen LogP contribution in [0.1, 0.15) is 30.9 Å². The van der Waals surface area contributed by atoms with E-state index in [0.717, 1.165) is 17.9 Å². The van der Waals surface area contributed by atoms with Gasteiger partial charge in [0.25, 0.3) is 5.69 Å². The first kappa shape index (κ1) is 10.1. The van der Waals surface area contributed by atoms with Crippen LogP contribution in [-0.4, -0.2) is 4.92 Å². The van der Waals surface area contributed by atoms with Crippen LogP contribution in [0.3, 0.4) is 0 Å². The maximum Gasteiger partial charge on any atom is 0.269 e. The van der Waals surface area contributed by atoms with Crippen molar-refractivity contribution in [1.82, 2.24) is 0 Å². The molecule has 0 unspecified atom stereocenters. The number of non-ortho nitro benzene ring substituents is 1. The largest absolute Gasteiger partial charge is 0.324 e. The number of nitrogens with two attached hydrogens (primary N) is 1. The van der Waals surface area contributed by atoms with Gasteiger partial charge in [-0.3, -0.25) is 10.1 Å². The lowest BCUT2D eigenvalue weighted by atomic mass is 10.0. The van der Waals surface area contributed by atoms with Gasteiger partial charge in [-0.2, -0.15) is 0 Å². The Morgan fingerprint density at radius 3 is 2.87 bits per heavy atom. The predicted molar refractivity (Wildman–Crippen MR) is 57.4 cm³/mol. The van der Waals surface area contributed by atoms with E-state index in [1.165, 1.54) is 18.9 Å². The Morgan fingerprint density at radius 2 is 2.27 bits per heavy atom. The highest BCUT2D eigenvalue weighted by molar-refractivity contribution is 5.35. The second kappa shape index (κ2) is 3.98. The number of rotatable bonds is 4. The van der Waals surface area contributed by atoms with E-state index in [1.807, 2.05) is 6.07 Å². The first-order chi connectivity index (χ1) is 7.16. The minimum Gasteiger partial charge on any atom is -0.324 e. The van der Waals surface area contributed by atoms with Crippen LogP contribution in [0, 0.1) is 16.0 Å². The Bertz CT molecular complexity index is 375. The van der Waals surface area contributed by atoms with Gasteiger partial charge in [-0.25, -0.2) is 0 Å². The molecule has 4 nitrogen and oxygen atoms in total. The smallest absolute Gasteiger partial charge is 0.269 e. The molecule has 1 aromatic carbocycles. The molecule has 1 aromatic rings. The molecule has 1 atom stereocenters. The fourth-order valence-electron chi connectivity index (χ4n) is 1.72. The number of benzene rings is 1. The van der Waals surface area contributed by atoms with Gasteiger partial charge in [0, 0.05) is 18.2 Å². The SMILES string of the molecule is N[C@@H](CC1CC1)c1cccc([N+](=O)[O-])c1. The summed E-state index contributed by atoms with van der Waals surface area (Å²) in [6.45, 7) is 0. The summed E-state index contributed by atoms with van der Waals surface area (Å²) in [5.74, 6) is 0.735. The van der Waals surface area contributed by atoms with Gasteiger partial charge >= 0.3 is 0 Å². The van der Waals surface area contributed by atoms with Crippen molar-refractivity contribution in [3.05, 3.63) is 39.9 Å². The number of hydrogen-bond donors (Lipinski definition) is 1. The normalized spacial score (nSPS) is 17.4. The summed E-state index contributed by atoms with van der Waals surface area (Å²) < 4.78 is 0. The van der Waals surface area contributed by atoms with Crippen molar-refractivity contribution in [3.8, 4) is 0 Å². The number of nitrogens with zero attached hydrogens (tertiary/aromatic N) is 1. The van der Waals surface area contributed by atoms with Crippen molar-refractivity contribution in [1.29, 1.82) is 0 Å². The highest BCUT2D eigenvalue weighted by Crippen LogP contribution is 2.37. The summed E-state index contributed by atoms with van der Waals surface area (Å²) in [4.78, 5) is 10.2. The Kier molecular flexibility index (Phi) is 2.68. The molecule has 80 valence electrons. The van der Waals surface area contributed by atoms with Crippen molar-refractivity contribution >= 4 is 5.69 Å². The molecule has 15 heavy (non-hydrogen) atoms. The lowest BCUT2D eigenvalue weighted by molar-refractivity contribution is -0.384. The van der Waals surface area contributed by atoms with E-state index in [0.29, 0.717) is 0 Å². The summed E-state index contributed by atoms with van der Waals surface area (Å²) in [6.07, 6.45) is 3.45. The van der Waals surface area contributed by atoms with Crippen LogP contribution in [0.15, 0.2) is 24.3 Å². The third kappa shape index (κ3) is 2.53. The van der Waals surface area contributed by atoms with Crippen LogP contribution in [0.25, 0.3) is 0 Å². The molecule has 1 fully saturated rings. The van der Waals surface area contributed by atoms with Gasteiger partial charge in [0.1, 0.15) is 0 Å². The zero-order valence-corrected chi connectivity index (χ0v) is 8.43. The first-order valence-corrected chi connectivity index (χ1v) is 5.17. The molecule has 0 radical (unpaired) electrons. The minimum atomic E-state index is -0.382. The van der Waals surface area contributed by atoms with Crippen LogP contribution < -0.4 is 5.73 Å². The zero-order valence-electron chi connectivity index (χ0n) is 8.43. The Hall–Kier alpha value is -1.42. The highest BCUT2D eigenvalue weighted by atomic mass is 16.6. The van der Waals surface area contributed by atoms with Gasteiger partial charge in [-0.05, 0) is 17.9 Å². The lowest BCUT2D eigenvalue weighted by Gasteiger charge is -2.10. The fourth-order valence-corrected chi connectivity index (χ4v) is 1.72. The van der Waals surface area contributed by atoms with Crippen LogP contribution in [0.5, 0.6) is 0 Å². The standard InChI is InChI=1S/C11H14N2O2/c12-11(6-8-4-5-8)9-2-1-3-10(7-9)13(14)15/h1-3,7-8,11H,4-6,12H2/t11-/m0/s1. The van der Waals surface area contributed by atoms with E-state index in [-0.39, 0.29) is 16.7 Å². The molecule has 0 aliphatic heterocycles. The average molecular weight is 206 g/mol. The average Bonchev–Trinajstić information content (AvgIpc) is 3.02. The zero-order chi connectivity index (χ0) is 10.8. The minimum absolute atomic E-state index is 0.0580. The molecule has 0 amide bonds. The van der Waals surface area contributed by atoms with E-state index >= 15 is 0 Å². The maximum absolute atomic E-state index is 10.6. The summed E-state index contributed by atoms with van der Waals surface area (Å²) in [6, 6.07) is 6.57. The van der Waals surface area contributed by atoms with Crippen molar-refractivity contribution in [2.75, 3.05) is 0 Å². The summed E-state index contributed by atoms with van der Waals surface area (Å²) in [7, 11) is 0. The van der Waals surface area contributed by atoms with E-state index in [9.17, 15) is 10.1 Å². The van der Waals surface area contributed by atoms with E-state index in [1.54, 1.807) is 12.1 Å². The van der Waals surface area contributed by atoms with E-state index < -0.39 is 0 Å². The molecule has 0 bridgehead atoms. The summed E-state index contributed by atoms with van der Waals surface area (Å²) in [5.41, 5.74) is 6.98. The second-order valence-corrected chi connectivity index (χ2v) is 4.14. The monoisotopic (exact) mass is 206 g/mol. The fraction of sp³-hybridized carbons (Fsp3) is 0.455. The van der Waals surface area contributed by atoms with Crippen LogP contribution in [0.2, 0.25) is 0 Å². The van der Waals surface area contributed by atoms with Crippen LogP contribution in [0.4, 0.5) is 5.69 Å². The highest BCUT2D eigenvalue weighted by Gasteiger charge is 2.24. The summed E-state index contributed by atoms with van der Waals surface area (Å²) >= 11 is 0. The molecule has 2 N–H and O–H groups in total. The molecule has 1 saturated carbocycles. The third-order valence-corrected chi connectivity index (χ3v) is 2.79. The summed E-state index contributed by atoms with van der Waals surface area (Å²) in [5, 5.41) is 10.6. The maximum atomic E-state index is 10.6. The molecule has 2 rings (SSSR count). The van der Waals surface area contributed by atoms with E-state index in [2.05, 4.69) is 0 Å². The van der Waals surface area contributed by atoms with Gasteiger partial charge in [0.15, 0.2) is 0 Å². The molecule has 0 saturated heterocycles. The molecule has 1 aliphatic rings. The van der Waals surface area contributed by atoms with Crippen molar-refractivity contribution < 1.29 is 4.92 Å². The topological polar surface area (TPSA) is 69.2 Å². The number of hydrogen-bond acceptors (Lipinski definition) is 3. The quantitative estimate of drug-likeness (QED) is 0.607. The van der Waals surface area contributed by atoms with Gasteiger partial charge in [-0.1, -0.05) is 25.0 Å². The lowest BCUT2D eigenvalue weighted by Crippen LogP contribution is -2.11. The number of nitro groups is 1. The van der Waals surface area contributed by atoms with Crippen molar-refractivity contribution in [2.45, 2.75) is 25.3 Å². The Balaban J connectivity index is 2.11. The molecule has 0 heterocycles. The molecular formula is C11H14N2O2. The first-order valence-electron chi connectivity index (χ1n) is 5.17. The molecule has 0 spiro atoms. The predicted octanol–water partition coefficient (Wildman–Crippen LogP) is 2.39. The van der Waals surface area contributed by atoms with Gasteiger partial charge in [0.05, 0.1) is 4.92 Å². The third-order valence-electron chi connectivity index (χ3n) is 2.79. The number of nitro benzene ring substituents is 1. The van der Waals surface area contributed by atoms with Crippen LogP contribution in [-0.2, 0) is 0 Å². The van der Waals surface area contributed by atoms with E-state index in [4.69, 9.17) is 5.73 Å². The van der Waals surface area contributed by atoms with Crippen molar-refractivity contribution in [3.63, 3.8) is 0 Å².